The van der Waals surface area contributed by atoms with Crippen molar-refractivity contribution in [3.63, 3.8) is 0 Å². The largest absolute Gasteiger partial charge is 0.388 e. The van der Waals surface area contributed by atoms with Crippen LogP contribution in [0.15, 0.2) is 12.3 Å². The van der Waals surface area contributed by atoms with Crippen LogP contribution >= 0.6 is 0 Å². The summed E-state index contributed by atoms with van der Waals surface area (Å²) in [6.45, 7) is 5.66. The number of hydrogen-bond acceptors (Lipinski definition) is 1. The van der Waals surface area contributed by atoms with Crippen LogP contribution < -0.4 is 0 Å². The molecule has 1 N–H and O–H groups in total. The highest BCUT2D eigenvalue weighted by molar-refractivity contribution is 5.29. The third-order valence-corrected chi connectivity index (χ3v) is 4.57. The Labute approximate surface area is 110 Å². The molecule has 0 amide bonds. The second-order valence-corrected chi connectivity index (χ2v) is 7.06. The van der Waals surface area contributed by atoms with Crippen molar-refractivity contribution in [2.24, 2.45) is 11.3 Å². The van der Waals surface area contributed by atoms with Crippen LogP contribution in [0.5, 0.6) is 0 Å². The first-order chi connectivity index (χ1) is 8.55. The molecule has 2 aliphatic carbocycles. The molecule has 18 heavy (non-hydrogen) atoms. The summed E-state index contributed by atoms with van der Waals surface area (Å²) in [5.41, 5.74) is 2.80. The number of rotatable bonds is 4. The van der Waals surface area contributed by atoms with E-state index in [0.717, 1.165) is 25.3 Å². The molecule has 0 radical (unpaired) electrons. The fraction of sp³-hybridized carbons (Fsp3) is 0.750. The van der Waals surface area contributed by atoms with Crippen molar-refractivity contribution >= 4 is 0 Å². The Balaban J connectivity index is 1.71. The van der Waals surface area contributed by atoms with Gasteiger partial charge < -0.3 is 9.67 Å². The van der Waals surface area contributed by atoms with Gasteiger partial charge in [-0.25, -0.2) is 0 Å². The fourth-order valence-corrected chi connectivity index (χ4v) is 3.35. The molecule has 1 aromatic rings. The lowest BCUT2D eigenvalue weighted by molar-refractivity contribution is 0.0979. The Morgan fingerprint density at radius 2 is 2.17 bits per heavy atom. The van der Waals surface area contributed by atoms with Gasteiger partial charge in [-0.3, -0.25) is 0 Å². The summed E-state index contributed by atoms with van der Waals surface area (Å²) in [5.74, 6) is 1.03. The van der Waals surface area contributed by atoms with Crippen LogP contribution in [0, 0.1) is 11.3 Å². The van der Waals surface area contributed by atoms with Crippen LogP contribution in [-0.2, 0) is 13.0 Å². The predicted octanol–water partition coefficient (Wildman–Crippen LogP) is 3.68. The van der Waals surface area contributed by atoms with E-state index in [-0.39, 0.29) is 11.5 Å². The maximum absolute atomic E-state index is 10.2. The van der Waals surface area contributed by atoms with Gasteiger partial charge in [0.2, 0.25) is 0 Å². The van der Waals surface area contributed by atoms with E-state index in [1.54, 1.807) is 0 Å². The number of aliphatic hydroxyl groups is 1. The van der Waals surface area contributed by atoms with Crippen LogP contribution in [-0.4, -0.2) is 9.67 Å². The molecule has 0 bridgehead atoms. The molecule has 1 saturated carbocycles. The third kappa shape index (κ3) is 2.49. The first-order valence-corrected chi connectivity index (χ1v) is 7.41. The summed E-state index contributed by atoms with van der Waals surface area (Å²) < 4.78 is 2.39. The molecule has 2 nitrogen and oxygen atoms in total. The Hall–Kier alpha value is -0.760. The molecule has 1 fully saturated rings. The average molecular weight is 247 g/mol. The van der Waals surface area contributed by atoms with E-state index in [1.807, 2.05) is 0 Å². The molecule has 1 atom stereocenters. The summed E-state index contributed by atoms with van der Waals surface area (Å²) in [6, 6.07) is 2.13. The Kier molecular flexibility index (Phi) is 3.01. The summed E-state index contributed by atoms with van der Waals surface area (Å²) >= 11 is 0. The molecule has 0 aliphatic heterocycles. The number of aliphatic hydroxyl groups excluding tert-OH is 1. The van der Waals surface area contributed by atoms with Gasteiger partial charge in [0.25, 0.3) is 0 Å². The van der Waals surface area contributed by atoms with Gasteiger partial charge in [-0.1, -0.05) is 26.7 Å². The van der Waals surface area contributed by atoms with E-state index in [2.05, 4.69) is 30.7 Å². The molecule has 2 aliphatic rings. The van der Waals surface area contributed by atoms with E-state index >= 15 is 0 Å². The van der Waals surface area contributed by atoms with Crippen molar-refractivity contribution in [1.82, 2.24) is 4.57 Å². The number of hydrogen-bond donors (Lipinski definition) is 1. The van der Waals surface area contributed by atoms with Crippen LogP contribution in [0.1, 0.15) is 63.3 Å². The highest BCUT2D eigenvalue weighted by Gasteiger charge is 2.33. The average Bonchev–Trinajstić information content (AvgIpc) is 3.00. The number of aryl methyl sites for hydroxylation is 1. The minimum atomic E-state index is -0.256. The minimum Gasteiger partial charge on any atom is -0.388 e. The third-order valence-electron chi connectivity index (χ3n) is 4.57. The Bertz CT molecular complexity index is 428. The van der Waals surface area contributed by atoms with Crippen molar-refractivity contribution < 1.29 is 5.11 Å². The van der Waals surface area contributed by atoms with E-state index in [0.29, 0.717) is 0 Å². The maximum Gasteiger partial charge on any atom is 0.0812 e. The molecule has 1 unspecified atom stereocenters. The van der Waals surface area contributed by atoms with E-state index in [9.17, 15) is 5.11 Å². The van der Waals surface area contributed by atoms with Crippen molar-refractivity contribution in [1.29, 1.82) is 0 Å². The van der Waals surface area contributed by atoms with Crippen molar-refractivity contribution in [3.8, 4) is 0 Å². The fourth-order valence-electron chi connectivity index (χ4n) is 3.35. The lowest BCUT2D eigenvalue weighted by Gasteiger charge is -2.34. The summed E-state index contributed by atoms with van der Waals surface area (Å²) in [5, 5.41) is 10.2. The lowest BCUT2D eigenvalue weighted by Crippen LogP contribution is -2.26. The summed E-state index contributed by atoms with van der Waals surface area (Å²) in [7, 11) is 0. The molecule has 2 heteroatoms. The van der Waals surface area contributed by atoms with E-state index < -0.39 is 0 Å². The van der Waals surface area contributed by atoms with Gasteiger partial charge in [0, 0.05) is 24.0 Å². The molecule has 0 spiro atoms. The SMILES string of the molecule is CC1(C)Cc2c(ccn2CCCC2CC2)C(O)C1. The highest BCUT2D eigenvalue weighted by Crippen LogP contribution is 2.41. The summed E-state index contributed by atoms with van der Waals surface area (Å²) in [4.78, 5) is 0. The topological polar surface area (TPSA) is 25.2 Å². The quantitative estimate of drug-likeness (QED) is 0.862. The Morgan fingerprint density at radius 1 is 1.39 bits per heavy atom. The Morgan fingerprint density at radius 3 is 2.89 bits per heavy atom. The van der Waals surface area contributed by atoms with Gasteiger partial charge in [-0.15, -0.1) is 0 Å². The highest BCUT2D eigenvalue weighted by atomic mass is 16.3. The standard InChI is InChI=1S/C16H25NO/c1-16(2)10-14-13(15(18)11-16)7-9-17(14)8-3-4-12-5-6-12/h7,9,12,15,18H,3-6,8,10-11H2,1-2H3. The second-order valence-electron chi connectivity index (χ2n) is 7.06. The van der Waals surface area contributed by atoms with Gasteiger partial charge in [-0.2, -0.15) is 0 Å². The zero-order chi connectivity index (χ0) is 12.8. The van der Waals surface area contributed by atoms with Gasteiger partial charge in [-0.05, 0) is 43.1 Å². The normalized spacial score (nSPS) is 26.1. The van der Waals surface area contributed by atoms with Gasteiger partial charge in [0.1, 0.15) is 0 Å². The van der Waals surface area contributed by atoms with Gasteiger partial charge in [0.05, 0.1) is 6.10 Å². The van der Waals surface area contributed by atoms with E-state index in [1.165, 1.54) is 36.9 Å². The molecule has 1 aromatic heterocycles. The van der Waals surface area contributed by atoms with Crippen LogP contribution in [0.3, 0.4) is 0 Å². The lowest BCUT2D eigenvalue weighted by atomic mass is 9.75. The molecule has 0 saturated heterocycles. The van der Waals surface area contributed by atoms with Gasteiger partial charge in [0.15, 0.2) is 0 Å². The van der Waals surface area contributed by atoms with Crippen LogP contribution in [0.25, 0.3) is 0 Å². The maximum atomic E-state index is 10.2. The molecular formula is C16H25NO. The minimum absolute atomic E-state index is 0.235. The van der Waals surface area contributed by atoms with Crippen molar-refractivity contribution in [2.45, 2.75) is 65.0 Å². The van der Waals surface area contributed by atoms with E-state index in [4.69, 9.17) is 0 Å². The molecule has 0 aromatic carbocycles. The first-order valence-electron chi connectivity index (χ1n) is 7.41. The van der Waals surface area contributed by atoms with Crippen LogP contribution in [0.2, 0.25) is 0 Å². The van der Waals surface area contributed by atoms with Crippen molar-refractivity contribution in [3.05, 3.63) is 23.5 Å². The predicted molar refractivity (Wildman–Crippen MR) is 73.5 cm³/mol. The summed E-state index contributed by atoms with van der Waals surface area (Å²) in [6.07, 6.45) is 9.52. The first kappa shape index (κ1) is 12.3. The second kappa shape index (κ2) is 4.41. The zero-order valence-electron chi connectivity index (χ0n) is 11.7. The van der Waals surface area contributed by atoms with Crippen molar-refractivity contribution in [2.75, 3.05) is 0 Å². The zero-order valence-corrected chi connectivity index (χ0v) is 11.7. The van der Waals surface area contributed by atoms with Gasteiger partial charge >= 0.3 is 0 Å². The number of aromatic nitrogens is 1. The molecule has 1 heterocycles. The molecule has 3 rings (SSSR count). The number of nitrogens with zero attached hydrogens (tertiary/aromatic N) is 1. The molecule has 100 valence electrons. The smallest absolute Gasteiger partial charge is 0.0812 e. The molecular weight excluding hydrogens is 222 g/mol. The van der Waals surface area contributed by atoms with Crippen LogP contribution in [0.4, 0.5) is 0 Å². The number of fused-ring (bicyclic) bond motifs is 1. The monoisotopic (exact) mass is 247 g/mol.